The minimum atomic E-state index is 0.106. The van der Waals surface area contributed by atoms with Crippen molar-refractivity contribution in [3.63, 3.8) is 0 Å². The van der Waals surface area contributed by atoms with E-state index in [9.17, 15) is 4.79 Å². The minimum absolute atomic E-state index is 0.106. The fourth-order valence-electron chi connectivity index (χ4n) is 2.10. The summed E-state index contributed by atoms with van der Waals surface area (Å²) in [6, 6.07) is 0.382. The van der Waals surface area contributed by atoms with Crippen LogP contribution in [0.4, 0.5) is 0 Å². The molecule has 0 bridgehead atoms. The van der Waals surface area contributed by atoms with Crippen molar-refractivity contribution in [2.24, 2.45) is 5.92 Å². The van der Waals surface area contributed by atoms with Gasteiger partial charge in [0.15, 0.2) is 0 Å². The quantitative estimate of drug-likeness (QED) is 0.670. The van der Waals surface area contributed by atoms with E-state index in [1.54, 1.807) is 6.92 Å². The molecule has 0 aliphatic rings. The fourth-order valence-corrected chi connectivity index (χ4v) is 2.10. The zero-order valence-electron chi connectivity index (χ0n) is 10.1. The summed E-state index contributed by atoms with van der Waals surface area (Å²) in [5, 5.41) is 3.06. The number of nitrogens with one attached hydrogen (secondary N) is 1. The first-order chi connectivity index (χ1) is 6.65. The van der Waals surface area contributed by atoms with Crippen molar-refractivity contribution < 1.29 is 4.79 Å². The summed E-state index contributed by atoms with van der Waals surface area (Å²) in [6.45, 7) is 8.18. The van der Waals surface area contributed by atoms with Crippen molar-refractivity contribution in [3.8, 4) is 0 Å². The molecule has 0 saturated heterocycles. The molecule has 1 amide bonds. The molecule has 0 aliphatic carbocycles. The molecule has 1 unspecified atom stereocenters. The first-order valence-corrected chi connectivity index (χ1v) is 5.92. The number of rotatable bonds is 7. The van der Waals surface area contributed by atoms with E-state index in [0.717, 1.165) is 6.42 Å². The Morgan fingerprint density at radius 1 is 1.14 bits per heavy atom. The van der Waals surface area contributed by atoms with Crippen LogP contribution in [0.3, 0.4) is 0 Å². The van der Waals surface area contributed by atoms with E-state index >= 15 is 0 Å². The number of carbonyl (C=O) groups excluding carboxylic acids is 1. The SMILES string of the molecule is CCCC(CCC)C(CC)NC(C)=O. The van der Waals surface area contributed by atoms with E-state index in [-0.39, 0.29) is 5.91 Å². The molecule has 1 N–H and O–H groups in total. The van der Waals surface area contributed by atoms with E-state index in [1.807, 2.05) is 0 Å². The zero-order chi connectivity index (χ0) is 11.0. The van der Waals surface area contributed by atoms with E-state index in [0.29, 0.717) is 12.0 Å². The lowest BCUT2D eigenvalue weighted by molar-refractivity contribution is -0.120. The molecule has 14 heavy (non-hydrogen) atoms. The molecule has 0 radical (unpaired) electrons. The van der Waals surface area contributed by atoms with Crippen LogP contribution in [-0.4, -0.2) is 11.9 Å². The lowest BCUT2D eigenvalue weighted by Crippen LogP contribution is -2.38. The standard InChI is InChI=1S/C12H25NO/c1-5-8-11(9-6-2)12(7-3)13-10(4)14/h11-12H,5-9H2,1-4H3,(H,13,14). The summed E-state index contributed by atoms with van der Waals surface area (Å²) >= 11 is 0. The van der Waals surface area contributed by atoms with E-state index in [2.05, 4.69) is 26.1 Å². The smallest absolute Gasteiger partial charge is 0.217 e. The number of hydrogen-bond acceptors (Lipinski definition) is 1. The minimum Gasteiger partial charge on any atom is -0.353 e. The molecule has 0 heterocycles. The molecule has 0 spiro atoms. The molecule has 0 aliphatic heterocycles. The lowest BCUT2D eigenvalue weighted by atomic mass is 9.89. The first kappa shape index (κ1) is 13.5. The molecule has 0 saturated carbocycles. The second-order valence-corrected chi connectivity index (χ2v) is 4.05. The van der Waals surface area contributed by atoms with Gasteiger partial charge in [-0.1, -0.05) is 33.6 Å². The molecular weight excluding hydrogens is 174 g/mol. The van der Waals surface area contributed by atoms with Crippen LogP contribution < -0.4 is 5.32 Å². The fraction of sp³-hybridized carbons (Fsp3) is 0.917. The molecule has 0 aromatic carbocycles. The summed E-state index contributed by atoms with van der Waals surface area (Å²) < 4.78 is 0. The molecule has 0 aromatic rings. The average molecular weight is 199 g/mol. The third kappa shape index (κ3) is 5.25. The summed E-state index contributed by atoms with van der Waals surface area (Å²) in [5.74, 6) is 0.771. The molecule has 2 heteroatoms. The van der Waals surface area contributed by atoms with Crippen molar-refractivity contribution >= 4 is 5.91 Å². The second kappa shape index (κ2) is 7.84. The van der Waals surface area contributed by atoms with Crippen LogP contribution in [0, 0.1) is 5.92 Å². The molecule has 2 nitrogen and oxygen atoms in total. The van der Waals surface area contributed by atoms with Gasteiger partial charge in [-0.3, -0.25) is 4.79 Å². The van der Waals surface area contributed by atoms with Gasteiger partial charge < -0.3 is 5.32 Å². The van der Waals surface area contributed by atoms with Crippen LogP contribution in [0.2, 0.25) is 0 Å². The van der Waals surface area contributed by atoms with Crippen LogP contribution in [0.25, 0.3) is 0 Å². The summed E-state index contributed by atoms with van der Waals surface area (Å²) in [5.41, 5.74) is 0. The van der Waals surface area contributed by atoms with Gasteiger partial charge in [-0.05, 0) is 25.2 Å². The summed E-state index contributed by atoms with van der Waals surface area (Å²) in [4.78, 5) is 11.0. The van der Waals surface area contributed by atoms with Crippen LogP contribution in [0.1, 0.15) is 59.8 Å². The molecule has 0 aromatic heterocycles. The lowest BCUT2D eigenvalue weighted by Gasteiger charge is -2.26. The Labute approximate surface area is 88.5 Å². The third-order valence-corrected chi connectivity index (χ3v) is 2.72. The van der Waals surface area contributed by atoms with Crippen molar-refractivity contribution in [1.29, 1.82) is 0 Å². The van der Waals surface area contributed by atoms with Gasteiger partial charge in [0.25, 0.3) is 0 Å². The normalized spacial score (nSPS) is 12.9. The Kier molecular flexibility index (Phi) is 7.54. The Balaban J connectivity index is 4.16. The van der Waals surface area contributed by atoms with Crippen LogP contribution >= 0.6 is 0 Å². The highest BCUT2D eigenvalue weighted by molar-refractivity contribution is 5.73. The van der Waals surface area contributed by atoms with Gasteiger partial charge in [0.2, 0.25) is 5.91 Å². The summed E-state index contributed by atoms with van der Waals surface area (Å²) in [7, 11) is 0. The zero-order valence-corrected chi connectivity index (χ0v) is 10.1. The molecule has 0 fully saturated rings. The van der Waals surface area contributed by atoms with Gasteiger partial charge >= 0.3 is 0 Å². The van der Waals surface area contributed by atoms with Gasteiger partial charge in [0, 0.05) is 13.0 Å². The Morgan fingerprint density at radius 2 is 1.64 bits per heavy atom. The topological polar surface area (TPSA) is 29.1 Å². The van der Waals surface area contributed by atoms with Crippen molar-refractivity contribution in [2.45, 2.75) is 65.8 Å². The molecule has 84 valence electrons. The Bertz CT molecular complexity index is 150. The predicted molar refractivity (Wildman–Crippen MR) is 61.2 cm³/mol. The third-order valence-electron chi connectivity index (χ3n) is 2.72. The van der Waals surface area contributed by atoms with Gasteiger partial charge in [0.1, 0.15) is 0 Å². The number of hydrogen-bond donors (Lipinski definition) is 1. The molecule has 1 atom stereocenters. The highest BCUT2D eigenvalue weighted by Gasteiger charge is 2.18. The Morgan fingerprint density at radius 3 is 1.93 bits per heavy atom. The molecular formula is C12H25NO. The number of amides is 1. The van der Waals surface area contributed by atoms with E-state index in [4.69, 9.17) is 0 Å². The van der Waals surface area contributed by atoms with Crippen molar-refractivity contribution in [3.05, 3.63) is 0 Å². The maximum absolute atomic E-state index is 11.0. The van der Waals surface area contributed by atoms with E-state index in [1.165, 1.54) is 25.7 Å². The van der Waals surface area contributed by atoms with E-state index < -0.39 is 0 Å². The second-order valence-electron chi connectivity index (χ2n) is 4.05. The highest BCUT2D eigenvalue weighted by atomic mass is 16.1. The maximum atomic E-state index is 11.0. The van der Waals surface area contributed by atoms with Crippen LogP contribution in [0.15, 0.2) is 0 Å². The van der Waals surface area contributed by atoms with Gasteiger partial charge in [-0.15, -0.1) is 0 Å². The maximum Gasteiger partial charge on any atom is 0.217 e. The van der Waals surface area contributed by atoms with Gasteiger partial charge in [0.05, 0.1) is 0 Å². The first-order valence-electron chi connectivity index (χ1n) is 5.92. The van der Waals surface area contributed by atoms with Gasteiger partial charge in [-0.2, -0.15) is 0 Å². The highest BCUT2D eigenvalue weighted by Crippen LogP contribution is 2.19. The Hall–Kier alpha value is -0.530. The summed E-state index contributed by atoms with van der Waals surface area (Å²) in [6.07, 6.45) is 5.92. The van der Waals surface area contributed by atoms with Gasteiger partial charge in [-0.25, -0.2) is 0 Å². The van der Waals surface area contributed by atoms with Crippen LogP contribution in [0.5, 0.6) is 0 Å². The monoisotopic (exact) mass is 199 g/mol. The van der Waals surface area contributed by atoms with Crippen molar-refractivity contribution in [1.82, 2.24) is 5.32 Å². The van der Waals surface area contributed by atoms with Crippen LogP contribution in [-0.2, 0) is 4.79 Å². The largest absolute Gasteiger partial charge is 0.353 e. The predicted octanol–water partition coefficient (Wildman–Crippen LogP) is 3.12. The number of carbonyl (C=O) groups is 1. The van der Waals surface area contributed by atoms with Crippen molar-refractivity contribution in [2.75, 3.05) is 0 Å². The molecule has 0 rings (SSSR count). The average Bonchev–Trinajstić information content (AvgIpc) is 2.13.